The first-order valence-electron chi connectivity index (χ1n) is 9.11. The van der Waals surface area contributed by atoms with Crippen LogP contribution in [-0.4, -0.2) is 61.0 Å². The molecule has 26 heavy (non-hydrogen) atoms. The van der Waals surface area contributed by atoms with E-state index in [1.54, 1.807) is 19.9 Å². The van der Waals surface area contributed by atoms with E-state index >= 15 is 0 Å². The number of carbonyl (C=O) groups excluding carboxylic acids is 1. The van der Waals surface area contributed by atoms with Crippen molar-refractivity contribution in [3.05, 3.63) is 35.4 Å². The van der Waals surface area contributed by atoms with E-state index in [0.29, 0.717) is 24.7 Å². The van der Waals surface area contributed by atoms with E-state index in [-0.39, 0.29) is 5.91 Å². The van der Waals surface area contributed by atoms with Gasteiger partial charge in [-0.05, 0) is 31.9 Å². The summed E-state index contributed by atoms with van der Waals surface area (Å²) < 4.78 is 39.0. The molecule has 2 heterocycles. The molecule has 1 aromatic rings. The SMILES string of the molecule is CC(C)(C(=O)N1CCC(N2CCNCC2)C1)c1cccc(C(F)(F)F)c1. The number of hydrogen-bond donors (Lipinski definition) is 1. The third-order valence-corrected chi connectivity index (χ3v) is 5.56. The Bertz CT molecular complexity index is 654. The molecule has 7 heteroatoms. The highest BCUT2D eigenvalue weighted by atomic mass is 19.4. The second-order valence-corrected chi connectivity index (χ2v) is 7.68. The van der Waals surface area contributed by atoms with E-state index in [4.69, 9.17) is 0 Å². The van der Waals surface area contributed by atoms with Gasteiger partial charge in [0.05, 0.1) is 11.0 Å². The summed E-state index contributed by atoms with van der Waals surface area (Å²) >= 11 is 0. The number of carbonyl (C=O) groups is 1. The van der Waals surface area contributed by atoms with Gasteiger partial charge in [-0.2, -0.15) is 13.2 Å². The Labute approximate surface area is 152 Å². The van der Waals surface area contributed by atoms with Crippen LogP contribution in [0.25, 0.3) is 0 Å². The first kappa shape index (κ1) is 19.2. The highest BCUT2D eigenvalue weighted by Crippen LogP contribution is 2.34. The molecule has 2 saturated heterocycles. The smallest absolute Gasteiger partial charge is 0.340 e. The van der Waals surface area contributed by atoms with E-state index in [2.05, 4.69) is 10.2 Å². The molecule has 2 fully saturated rings. The zero-order valence-electron chi connectivity index (χ0n) is 15.3. The molecule has 0 aliphatic carbocycles. The number of nitrogens with zero attached hydrogens (tertiary/aromatic N) is 2. The van der Waals surface area contributed by atoms with Crippen LogP contribution in [0.4, 0.5) is 13.2 Å². The Hall–Kier alpha value is -1.60. The van der Waals surface area contributed by atoms with Crippen LogP contribution in [0, 0.1) is 0 Å². The Kier molecular flexibility index (Phi) is 5.30. The average Bonchev–Trinajstić information content (AvgIpc) is 3.11. The van der Waals surface area contributed by atoms with Gasteiger partial charge in [-0.3, -0.25) is 9.69 Å². The topological polar surface area (TPSA) is 35.6 Å². The molecule has 2 aliphatic rings. The maximum Gasteiger partial charge on any atom is 0.416 e. The van der Waals surface area contributed by atoms with Crippen LogP contribution in [0.1, 0.15) is 31.4 Å². The van der Waals surface area contributed by atoms with Crippen LogP contribution in [0.15, 0.2) is 24.3 Å². The van der Waals surface area contributed by atoms with Crippen molar-refractivity contribution >= 4 is 5.91 Å². The number of likely N-dealkylation sites (tertiary alicyclic amines) is 1. The Morgan fingerprint density at radius 1 is 1.12 bits per heavy atom. The number of benzene rings is 1. The Balaban J connectivity index is 1.72. The van der Waals surface area contributed by atoms with Crippen LogP contribution in [0.5, 0.6) is 0 Å². The van der Waals surface area contributed by atoms with Gasteiger partial charge in [0.25, 0.3) is 0 Å². The number of hydrogen-bond acceptors (Lipinski definition) is 3. The second kappa shape index (κ2) is 7.19. The highest BCUT2D eigenvalue weighted by molar-refractivity contribution is 5.87. The molecule has 1 unspecified atom stereocenters. The molecule has 3 rings (SSSR count). The summed E-state index contributed by atoms with van der Waals surface area (Å²) in [4.78, 5) is 17.3. The Morgan fingerprint density at radius 2 is 1.77 bits per heavy atom. The lowest BCUT2D eigenvalue weighted by atomic mass is 9.82. The van der Waals surface area contributed by atoms with Gasteiger partial charge in [-0.15, -0.1) is 0 Å². The molecular formula is C19H26F3N3O. The molecule has 4 nitrogen and oxygen atoms in total. The lowest BCUT2D eigenvalue weighted by molar-refractivity contribution is -0.138. The van der Waals surface area contributed by atoms with Crippen LogP contribution in [0.2, 0.25) is 0 Å². The van der Waals surface area contributed by atoms with Gasteiger partial charge >= 0.3 is 6.18 Å². The molecule has 1 aromatic carbocycles. The third kappa shape index (κ3) is 3.88. The zero-order chi connectivity index (χ0) is 18.9. The lowest BCUT2D eigenvalue weighted by Gasteiger charge is -2.34. The monoisotopic (exact) mass is 369 g/mol. The van der Waals surface area contributed by atoms with E-state index in [1.807, 2.05) is 4.90 Å². The molecular weight excluding hydrogens is 343 g/mol. The molecule has 0 aromatic heterocycles. The number of halogens is 3. The standard InChI is InChI=1S/C19H26F3N3O/c1-18(2,14-4-3-5-15(12-14)19(20,21)22)17(26)25-9-6-16(13-25)24-10-7-23-8-11-24/h3-5,12,16,23H,6-11,13H2,1-2H3. The summed E-state index contributed by atoms with van der Waals surface area (Å²) in [5.41, 5.74) is -1.29. The summed E-state index contributed by atoms with van der Waals surface area (Å²) in [5, 5.41) is 3.32. The Morgan fingerprint density at radius 3 is 2.42 bits per heavy atom. The molecule has 0 bridgehead atoms. The minimum Gasteiger partial charge on any atom is -0.340 e. The zero-order valence-corrected chi connectivity index (χ0v) is 15.3. The predicted octanol–water partition coefficient (Wildman–Crippen LogP) is 2.49. The van der Waals surface area contributed by atoms with Gasteiger partial charge < -0.3 is 10.2 Å². The molecule has 0 radical (unpaired) electrons. The van der Waals surface area contributed by atoms with Gasteiger partial charge in [0.15, 0.2) is 0 Å². The number of alkyl halides is 3. The second-order valence-electron chi connectivity index (χ2n) is 7.68. The van der Waals surface area contributed by atoms with Crippen LogP contribution < -0.4 is 5.32 Å². The van der Waals surface area contributed by atoms with E-state index in [9.17, 15) is 18.0 Å². The van der Waals surface area contributed by atoms with Gasteiger partial charge in [0, 0.05) is 45.3 Å². The number of amides is 1. The van der Waals surface area contributed by atoms with Crippen molar-refractivity contribution < 1.29 is 18.0 Å². The van der Waals surface area contributed by atoms with E-state index < -0.39 is 17.2 Å². The third-order valence-electron chi connectivity index (χ3n) is 5.56. The average molecular weight is 369 g/mol. The van der Waals surface area contributed by atoms with Crippen molar-refractivity contribution in [3.8, 4) is 0 Å². The van der Waals surface area contributed by atoms with Gasteiger partial charge in [-0.25, -0.2) is 0 Å². The molecule has 1 N–H and O–H groups in total. The summed E-state index contributed by atoms with van der Waals surface area (Å²) in [7, 11) is 0. The molecule has 1 atom stereocenters. The quantitative estimate of drug-likeness (QED) is 0.889. The van der Waals surface area contributed by atoms with Crippen molar-refractivity contribution in [1.29, 1.82) is 0 Å². The maximum absolute atomic E-state index is 13.1. The van der Waals surface area contributed by atoms with Crippen molar-refractivity contribution in [2.75, 3.05) is 39.3 Å². The molecule has 1 amide bonds. The number of rotatable bonds is 3. The van der Waals surface area contributed by atoms with E-state index in [0.717, 1.165) is 44.7 Å². The van der Waals surface area contributed by atoms with Crippen LogP contribution in [-0.2, 0) is 16.4 Å². The van der Waals surface area contributed by atoms with Crippen LogP contribution >= 0.6 is 0 Å². The fourth-order valence-corrected chi connectivity index (χ4v) is 3.87. The fourth-order valence-electron chi connectivity index (χ4n) is 3.87. The highest BCUT2D eigenvalue weighted by Gasteiger charge is 2.40. The van der Waals surface area contributed by atoms with Crippen LogP contribution in [0.3, 0.4) is 0 Å². The summed E-state index contributed by atoms with van der Waals surface area (Å²) in [5.74, 6) is -0.102. The summed E-state index contributed by atoms with van der Waals surface area (Å²) in [6.07, 6.45) is -3.49. The minimum atomic E-state index is -4.41. The molecule has 144 valence electrons. The minimum absolute atomic E-state index is 0.102. The predicted molar refractivity (Wildman–Crippen MR) is 93.9 cm³/mol. The molecule has 0 spiro atoms. The molecule has 0 saturated carbocycles. The summed E-state index contributed by atoms with van der Waals surface area (Å²) in [6.45, 7) is 8.61. The van der Waals surface area contributed by atoms with Gasteiger partial charge in [0.2, 0.25) is 5.91 Å². The normalized spacial score (nSPS) is 22.7. The number of nitrogens with one attached hydrogen (secondary N) is 1. The first-order chi connectivity index (χ1) is 12.2. The van der Waals surface area contributed by atoms with Crippen molar-refractivity contribution in [1.82, 2.24) is 15.1 Å². The first-order valence-corrected chi connectivity index (χ1v) is 9.11. The summed E-state index contributed by atoms with van der Waals surface area (Å²) in [6, 6.07) is 5.47. The van der Waals surface area contributed by atoms with Gasteiger partial charge in [0.1, 0.15) is 0 Å². The fraction of sp³-hybridized carbons (Fsp3) is 0.632. The van der Waals surface area contributed by atoms with Crippen molar-refractivity contribution in [2.45, 2.75) is 37.9 Å². The maximum atomic E-state index is 13.1. The van der Waals surface area contributed by atoms with E-state index in [1.165, 1.54) is 6.07 Å². The van der Waals surface area contributed by atoms with Gasteiger partial charge in [-0.1, -0.05) is 18.2 Å². The number of piperazine rings is 1. The van der Waals surface area contributed by atoms with Crippen molar-refractivity contribution in [2.24, 2.45) is 0 Å². The largest absolute Gasteiger partial charge is 0.416 e. The van der Waals surface area contributed by atoms with Crippen molar-refractivity contribution in [3.63, 3.8) is 0 Å². The molecule has 2 aliphatic heterocycles. The lowest BCUT2D eigenvalue weighted by Crippen LogP contribution is -2.50.